The number of aromatic carboxylic acids is 1. The van der Waals surface area contributed by atoms with Gasteiger partial charge in [-0.3, -0.25) is 0 Å². The Balaban J connectivity index is 1.69. The molecular formula is C22H17N3O3. The van der Waals surface area contributed by atoms with Gasteiger partial charge >= 0.3 is 5.97 Å². The molecule has 1 heterocycles. The quantitative estimate of drug-likeness (QED) is 0.549. The number of benzene rings is 3. The van der Waals surface area contributed by atoms with Gasteiger partial charge in [0.15, 0.2) is 5.69 Å². The number of carboxylic acids is 1. The van der Waals surface area contributed by atoms with Crippen molar-refractivity contribution in [3.63, 3.8) is 0 Å². The molecule has 0 spiro atoms. The molecular weight excluding hydrogens is 354 g/mol. The highest BCUT2D eigenvalue weighted by Gasteiger charge is 2.21. The normalized spacial score (nSPS) is 10.6. The summed E-state index contributed by atoms with van der Waals surface area (Å²) in [7, 11) is 0. The van der Waals surface area contributed by atoms with Crippen molar-refractivity contribution in [1.82, 2.24) is 15.0 Å². The number of carboxylic acid groups (broad SMARTS) is 1. The van der Waals surface area contributed by atoms with Gasteiger partial charge in [0.2, 0.25) is 0 Å². The molecule has 0 fully saturated rings. The molecule has 0 unspecified atom stereocenters. The predicted molar refractivity (Wildman–Crippen MR) is 105 cm³/mol. The molecule has 3 aromatic carbocycles. The average Bonchev–Trinajstić information content (AvgIpc) is 3.19. The second kappa shape index (κ2) is 7.75. The summed E-state index contributed by atoms with van der Waals surface area (Å²) in [6.07, 6.45) is 0. The van der Waals surface area contributed by atoms with Crippen molar-refractivity contribution < 1.29 is 14.6 Å². The van der Waals surface area contributed by atoms with E-state index < -0.39 is 5.97 Å². The Morgan fingerprint density at radius 2 is 1.64 bits per heavy atom. The van der Waals surface area contributed by atoms with Gasteiger partial charge in [0.05, 0.1) is 5.69 Å². The van der Waals surface area contributed by atoms with E-state index in [1.165, 1.54) is 4.68 Å². The van der Waals surface area contributed by atoms with Crippen molar-refractivity contribution >= 4 is 5.97 Å². The van der Waals surface area contributed by atoms with Gasteiger partial charge < -0.3 is 9.84 Å². The lowest BCUT2D eigenvalue weighted by atomic mass is 10.1. The first-order valence-electron chi connectivity index (χ1n) is 8.74. The van der Waals surface area contributed by atoms with Gasteiger partial charge in [-0.25, -0.2) is 9.48 Å². The number of aromatic nitrogens is 3. The number of rotatable bonds is 6. The second-order valence-corrected chi connectivity index (χ2v) is 6.14. The van der Waals surface area contributed by atoms with Crippen LogP contribution in [0.15, 0.2) is 84.9 Å². The number of nitrogens with zero attached hydrogens (tertiary/aromatic N) is 3. The Morgan fingerprint density at radius 3 is 2.36 bits per heavy atom. The lowest BCUT2D eigenvalue weighted by Crippen LogP contribution is -2.03. The van der Waals surface area contributed by atoms with E-state index in [4.69, 9.17) is 4.74 Å². The third-order valence-electron chi connectivity index (χ3n) is 4.23. The highest BCUT2D eigenvalue weighted by Crippen LogP contribution is 2.27. The van der Waals surface area contributed by atoms with Crippen LogP contribution >= 0.6 is 0 Å². The van der Waals surface area contributed by atoms with Gasteiger partial charge in [-0.1, -0.05) is 71.9 Å². The SMILES string of the molecule is O=C(O)c1nnn(-c2cccc(OCc3ccccc3)c2)c1-c1ccccc1. The molecule has 28 heavy (non-hydrogen) atoms. The van der Waals surface area contributed by atoms with E-state index in [-0.39, 0.29) is 5.69 Å². The molecule has 0 saturated carbocycles. The van der Waals surface area contributed by atoms with Crippen LogP contribution in [0.3, 0.4) is 0 Å². The topological polar surface area (TPSA) is 77.2 Å². The first kappa shape index (κ1) is 17.5. The van der Waals surface area contributed by atoms with Crippen molar-refractivity contribution in [2.24, 2.45) is 0 Å². The summed E-state index contributed by atoms with van der Waals surface area (Å²) in [6.45, 7) is 0.438. The number of ether oxygens (including phenoxy) is 1. The van der Waals surface area contributed by atoms with Crippen molar-refractivity contribution in [2.45, 2.75) is 6.61 Å². The fraction of sp³-hybridized carbons (Fsp3) is 0.0455. The van der Waals surface area contributed by atoms with Gasteiger partial charge in [0, 0.05) is 11.6 Å². The molecule has 1 N–H and O–H groups in total. The molecule has 0 saturated heterocycles. The summed E-state index contributed by atoms with van der Waals surface area (Å²) in [5.74, 6) is -0.464. The van der Waals surface area contributed by atoms with Crippen LogP contribution in [-0.4, -0.2) is 26.1 Å². The standard InChI is InChI=1S/C22H17N3O3/c26-22(27)20-21(17-10-5-2-6-11-17)25(24-23-20)18-12-7-13-19(14-18)28-15-16-8-3-1-4-9-16/h1-14H,15H2,(H,26,27). The fourth-order valence-corrected chi connectivity index (χ4v) is 2.91. The molecule has 0 aliphatic heterocycles. The monoisotopic (exact) mass is 371 g/mol. The lowest BCUT2D eigenvalue weighted by molar-refractivity contribution is 0.0691. The van der Waals surface area contributed by atoms with Gasteiger partial charge in [-0.05, 0) is 17.7 Å². The Labute approximate surface area is 161 Å². The van der Waals surface area contributed by atoms with Crippen molar-refractivity contribution in [2.75, 3.05) is 0 Å². The molecule has 4 aromatic rings. The molecule has 4 rings (SSSR count). The first-order chi connectivity index (χ1) is 13.7. The summed E-state index contributed by atoms with van der Waals surface area (Å²) >= 11 is 0. The smallest absolute Gasteiger partial charge is 0.358 e. The predicted octanol–water partition coefficient (Wildman–Crippen LogP) is 4.21. The molecule has 0 amide bonds. The maximum atomic E-state index is 11.6. The van der Waals surface area contributed by atoms with Crippen LogP contribution < -0.4 is 4.74 Å². The van der Waals surface area contributed by atoms with Gasteiger partial charge in [0.25, 0.3) is 0 Å². The highest BCUT2D eigenvalue weighted by atomic mass is 16.5. The van der Waals surface area contributed by atoms with Crippen LogP contribution in [0.2, 0.25) is 0 Å². The van der Waals surface area contributed by atoms with Crippen LogP contribution in [0.1, 0.15) is 16.1 Å². The molecule has 0 aliphatic carbocycles. The molecule has 138 valence electrons. The maximum Gasteiger partial charge on any atom is 0.358 e. The van der Waals surface area contributed by atoms with Crippen LogP contribution in [-0.2, 0) is 6.61 Å². The maximum absolute atomic E-state index is 11.6. The van der Waals surface area contributed by atoms with Crippen LogP contribution in [0, 0.1) is 0 Å². The zero-order valence-corrected chi connectivity index (χ0v) is 14.9. The van der Waals surface area contributed by atoms with Crippen molar-refractivity contribution in [3.05, 3.63) is 96.2 Å². The largest absolute Gasteiger partial charge is 0.489 e. The van der Waals surface area contributed by atoms with E-state index >= 15 is 0 Å². The van der Waals surface area contributed by atoms with E-state index in [0.29, 0.717) is 23.7 Å². The average molecular weight is 371 g/mol. The van der Waals surface area contributed by atoms with E-state index in [0.717, 1.165) is 11.1 Å². The minimum Gasteiger partial charge on any atom is -0.489 e. The Bertz CT molecular complexity index is 1090. The number of hydrogen-bond donors (Lipinski definition) is 1. The second-order valence-electron chi connectivity index (χ2n) is 6.14. The fourth-order valence-electron chi connectivity index (χ4n) is 2.91. The Kier molecular flexibility index (Phi) is 4.84. The van der Waals surface area contributed by atoms with Crippen molar-refractivity contribution in [1.29, 1.82) is 0 Å². The van der Waals surface area contributed by atoms with Crippen LogP contribution in [0.25, 0.3) is 16.9 Å². The zero-order valence-electron chi connectivity index (χ0n) is 14.9. The summed E-state index contributed by atoms with van der Waals surface area (Å²) in [6, 6.07) is 26.4. The lowest BCUT2D eigenvalue weighted by Gasteiger charge is -2.10. The minimum absolute atomic E-state index is 0.0955. The van der Waals surface area contributed by atoms with Crippen molar-refractivity contribution in [3.8, 4) is 22.7 Å². The van der Waals surface area contributed by atoms with Gasteiger partial charge in [-0.15, -0.1) is 5.10 Å². The highest BCUT2D eigenvalue weighted by molar-refractivity contribution is 5.93. The molecule has 6 heteroatoms. The minimum atomic E-state index is -1.12. The van der Waals surface area contributed by atoms with E-state index in [9.17, 15) is 9.90 Å². The number of carbonyl (C=O) groups is 1. The summed E-state index contributed by atoms with van der Waals surface area (Å²) in [5.41, 5.74) is 2.78. The number of hydrogen-bond acceptors (Lipinski definition) is 4. The van der Waals surface area contributed by atoms with Gasteiger partial charge in [0.1, 0.15) is 18.1 Å². The van der Waals surface area contributed by atoms with Crippen LogP contribution in [0.4, 0.5) is 0 Å². The summed E-state index contributed by atoms with van der Waals surface area (Å²) in [5, 5.41) is 17.4. The third-order valence-corrected chi connectivity index (χ3v) is 4.23. The van der Waals surface area contributed by atoms with E-state index in [1.807, 2.05) is 84.9 Å². The summed E-state index contributed by atoms with van der Waals surface area (Å²) in [4.78, 5) is 11.6. The Hall–Kier alpha value is -3.93. The van der Waals surface area contributed by atoms with E-state index in [2.05, 4.69) is 10.3 Å². The first-order valence-corrected chi connectivity index (χ1v) is 8.74. The molecule has 1 aromatic heterocycles. The molecule has 0 bridgehead atoms. The zero-order chi connectivity index (χ0) is 19.3. The van der Waals surface area contributed by atoms with Gasteiger partial charge in [-0.2, -0.15) is 0 Å². The molecule has 0 aliphatic rings. The molecule has 0 radical (unpaired) electrons. The Morgan fingerprint density at radius 1 is 0.929 bits per heavy atom. The van der Waals surface area contributed by atoms with E-state index in [1.54, 1.807) is 0 Å². The molecule has 6 nitrogen and oxygen atoms in total. The summed E-state index contributed by atoms with van der Waals surface area (Å²) < 4.78 is 7.40. The van der Waals surface area contributed by atoms with Crippen LogP contribution in [0.5, 0.6) is 5.75 Å². The third kappa shape index (κ3) is 3.61. The molecule has 0 atom stereocenters.